The van der Waals surface area contributed by atoms with Crippen LogP contribution in [0.25, 0.3) is 0 Å². The predicted octanol–water partition coefficient (Wildman–Crippen LogP) is 2.70. The summed E-state index contributed by atoms with van der Waals surface area (Å²) < 4.78 is 0. The number of aromatic nitrogens is 1. The quantitative estimate of drug-likeness (QED) is 0.861. The fourth-order valence-corrected chi connectivity index (χ4v) is 3.67. The number of hydrogen-bond donors (Lipinski definition) is 0. The van der Waals surface area contributed by atoms with E-state index in [1.807, 2.05) is 18.3 Å². The highest BCUT2D eigenvalue weighted by atomic mass is 16.2. The van der Waals surface area contributed by atoms with E-state index in [4.69, 9.17) is 0 Å². The van der Waals surface area contributed by atoms with Gasteiger partial charge in [0, 0.05) is 32.4 Å². The molecule has 3 heterocycles. The minimum absolute atomic E-state index is 0.190. The van der Waals surface area contributed by atoms with Crippen LogP contribution in [0.3, 0.4) is 0 Å². The monoisotopic (exact) mass is 301 g/mol. The second kappa shape index (κ2) is 7.73. The Balaban J connectivity index is 1.56. The summed E-state index contributed by atoms with van der Waals surface area (Å²) in [6.07, 6.45) is 8.93. The summed E-state index contributed by atoms with van der Waals surface area (Å²) >= 11 is 0. The second-order valence-corrected chi connectivity index (χ2v) is 6.63. The molecule has 0 saturated carbocycles. The summed E-state index contributed by atoms with van der Waals surface area (Å²) in [6, 6.07) is 6.05. The molecule has 0 aliphatic carbocycles. The first-order chi connectivity index (χ1) is 10.8. The van der Waals surface area contributed by atoms with Crippen molar-refractivity contribution >= 4 is 5.91 Å². The number of rotatable bonds is 3. The summed E-state index contributed by atoms with van der Waals surface area (Å²) in [5.41, 5.74) is 1.10. The maximum absolute atomic E-state index is 12.8. The van der Waals surface area contributed by atoms with Crippen molar-refractivity contribution in [2.24, 2.45) is 5.92 Å². The lowest BCUT2D eigenvalue weighted by molar-refractivity contribution is -0.137. The zero-order valence-electron chi connectivity index (χ0n) is 13.4. The van der Waals surface area contributed by atoms with Crippen LogP contribution in [0, 0.1) is 5.92 Å². The number of pyridine rings is 1. The molecule has 0 radical (unpaired) electrons. The van der Waals surface area contributed by atoms with Crippen LogP contribution >= 0.6 is 0 Å². The number of amides is 1. The summed E-state index contributed by atoms with van der Waals surface area (Å²) in [4.78, 5) is 21.7. The van der Waals surface area contributed by atoms with Gasteiger partial charge in [0.2, 0.25) is 5.91 Å². The third kappa shape index (κ3) is 4.07. The zero-order chi connectivity index (χ0) is 15.2. The van der Waals surface area contributed by atoms with Gasteiger partial charge < -0.3 is 4.90 Å². The van der Waals surface area contributed by atoms with Gasteiger partial charge >= 0.3 is 0 Å². The van der Waals surface area contributed by atoms with Crippen molar-refractivity contribution in [3.63, 3.8) is 0 Å². The third-order valence-electron chi connectivity index (χ3n) is 4.88. The molecule has 2 aliphatic rings. The largest absolute Gasteiger partial charge is 0.342 e. The Hall–Kier alpha value is -1.42. The first-order valence-electron chi connectivity index (χ1n) is 8.74. The van der Waals surface area contributed by atoms with Crippen LogP contribution in [-0.4, -0.2) is 46.9 Å². The number of likely N-dealkylation sites (tertiary alicyclic amines) is 2. The minimum Gasteiger partial charge on any atom is -0.342 e. The van der Waals surface area contributed by atoms with Gasteiger partial charge in [0.05, 0.1) is 11.6 Å². The van der Waals surface area contributed by atoms with Gasteiger partial charge in [-0.25, -0.2) is 0 Å². The molecule has 2 aliphatic heterocycles. The van der Waals surface area contributed by atoms with Gasteiger partial charge in [-0.2, -0.15) is 0 Å². The number of carbonyl (C=O) groups excluding carboxylic acids is 1. The lowest BCUT2D eigenvalue weighted by Crippen LogP contribution is -2.45. The molecule has 0 N–H and O–H groups in total. The van der Waals surface area contributed by atoms with E-state index in [1.165, 1.54) is 25.7 Å². The number of carbonyl (C=O) groups is 1. The van der Waals surface area contributed by atoms with Crippen LogP contribution in [0.15, 0.2) is 24.4 Å². The maximum Gasteiger partial charge on any atom is 0.226 e. The normalized spacial score (nSPS) is 24.0. The van der Waals surface area contributed by atoms with Crippen molar-refractivity contribution in [2.45, 2.75) is 45.1 Å². The number of piperidine rings is 1. The molecule has 22 heavy (non-hydrogen) atoms. The van der Waals surface area contributed by atoms with Gasteiger partial charge in [-0.15, -0.1) is 0 Å². The Labute approximate surface area is 133 Å². The standard InChI is InChI=1S/C18H27N3O/c22-18(21-12-5-1-2-6-13-21)16-8-7-11-20(14-16)15-17-9-3-4-10-19-17/h3-4,9-10,16H,1-2,5-8,11-15H2/t16-/m0/s1. The highest BCUT2D eigenvalue weighted by Gasteiger charge is 2.29. The van der Waals surface area contributed by atoms with E-state index >= 15 is 0 Å². The molecule has 1 aromatic rings. The number of hydrogen-bond acceptors (Lipinski definition) is 3. The highest BCUT2D eigenvalue weighted by Crippen LogP contribution is 2.22. The maximum atomic E-state index is 12.8. The molecule has 1 amide bonds. The van der Waals surface area contributed by atoms with Gasteiger partial charge in [-0.3, -0.25) is 14.7 Å². The molecule has 0 bridgehead atoms. The molecule has 120 valence electrons. The van der Waals surface area contributed by atoms with Crippen LogP contribution in [-0.2, 0) is 11.3 Å². The van der Waals surface area contributed by atoms with Crippen LogP contribution in [0.5, 0.6) is 0 Å². The molecule has 3 rings (SSSR count). The van der Waals surface area contributed by atoms with Gasteiger partial charge in [0.25, 0.3) is 0 Å². The third-order valence-corrected chi connectivity index (χ3v) is 4.88. The summed E-state index contributed by atoms with van der Waals surface area (Å²) in [6.45, 7) is 4.78. The molecule has 1 aromatic heterocycles. The zero-order valence-corrected chi connectivity index (χ0v) is 13.4. The highest BCUT2D eigenvalue weighted by molar-refractivity contribution is 5.79. The van der Waals surface area contributed by atoms with E-state index in [1.54, 1.807) is 0 Å². The van der Waals surface area contributed by atoms with Crippen molar-refractivity contribution in [1.82, 2.24) is 14.8 Å². The molecule has 2 fully saturated rings. The van der Waals surface area contributed by atoms with Gasteiger partial charge in [0.1, 0.15) is 0 Å². The SMILES string of the molecule is O=C([C@H]1CCCN(Cc2ccccn2)C1)N1CCCCCC1. The van der Waals surface area contributed by atoms with Crippen LogP contribution in [0.2, 0.25) is 0 Å². The van der Waals surface area contributed by atoms with Crippen LogP contribution < -0.4 is 0 Å². The lowest BCUT2D eigenvalue weighted by Gasteiger charge is -2.34. The topological polar surface area (TPSA) is 36.4 Å². The van der Waals surface area contributed by atoms with E-state index in [2.05, 4.69) is 20.9 Å². The molecule has 4 nitrogen and oxygen atoms in total. The summed E-state index contributed by atoms with van der Waals surface area (Å²) in [7, 11) is 0. The van der Waals surface area contributed by atoms with E-state index < -0.39 is 0 Å². The van der Waals surface area contributed by atoms with E-state index in [0.29, 0.717) is 5.91 Å². The lowest BCUT2D eigenvalue weighted by atomic mass is 9.96. The second-order valence-electron chi connectivity index (χ2n) is 6.63. The molecule has 0 spiro atoms. The minimum atomic E-state index is 0.190. The predicted molar refractivity (Wildman–Crippen MR) is 87.3 cm³/mol. The smallest absolute Gasteiger partial charge is 0.226 e. The van der Waals surface area contributed by atoms with E-state index in [9.17, 15) is 4.79 Å². The Morgan fingerprint density at radius 1 is 1.09 bits per heavy atom. The van der Waals surface area contributed by atoms with Crippen molar-refractivity contribution in [1.29, 1.82) is 0 Å². The molecule has 0 aromatic carbocycles. The van der Waals surface area contributed by atoms with E-state index in [-0.39, 0.29) is 5.92 Å². The first kappa shape index (κ1) is 15.5. The van der Waals surface area contributed by atoms with Gasteiger partial charge in [-0.1, -0.05) is 18.9 Å². The van der Waals surface area contributed by atoms with Crippen LogP contribution in [0.4, 0.5) is 0 Å². The van der Waals surface area contributed by atoms with E-state index in [0.717, 1.165) is 51.3 Å². The Morgan fingerprint density at radius 2 is 1.91 bits per heavy atom. The fourth-order valence-electron chi connectivity index (χ4n) is 3.67. The molecule has 1 atom stereocenters. The average Bonchev–Trinajstić information content (AvgIpc) is 2.85. The number of nitrogens with zero attached hydrogens (tertiary/aromatic N) is 3. The fraction of sp³-hybridized carbons (Fsp3) is 0.667. The Kier molecular flexibility index (Phi) is 5.43. The molecular formula is C18H27N3O. The van der Waals surface area contributed by atoms with Crippen LogP contribution in [0.1, 0.15) is 44.2 Å². The van der Waals surface area contributed by atoms with Gasteiger partial charge in [0.15, 0.2) is 0 Å². The molecule has 2 saturated heterocycles. The average molecular weight is 301 g/mol. The molecule has 4 heteroatoms. The summed E-state index contributed by atoms with van der Waals surface area (Å²) in [5, 5.41) is 0. The molecular weight excluding hydrogens is 274 g/mol. The molecule has 0 unspecified atom stereocenters. The Morgan fingerprint density at radius 3 is 2.64 bits per heavy atom. The van der Waals surface area contributed by atoms with Crippen molar-refractivity contribution in [3.8, 4) is 0 Å². The van der Waals surface area contributed by atoms with Crippen molar-refractivity contribution in [3.05, 3.63) is 30.1 Å². The van der Waals surface area contributed by atoms with Gasteiger partial charge in [-0.05, 0) is 44.4 Å². The first-order valence-corrected chi connectivity index (χ1v) is 8.74. The summed E-state index contributed by atoms with van der Waals surface area (Å²) in [5.74, 6) is 0.586. The Bertz CT molecular complexity index is 468. The van der Waals surface area contributed by atoms with Crippen molar-refractivity contribution in [2.75, 3.05) is 26.2 Å². The van der Waals surface area contributed by atoms with Crippen molar-refractivity contribution < 1.29 is 4.79 Å².